The van der Waals surface area contributed by atoms with E-state index >= 15 is 0 Å². The van der Waals surface area contributed by atoms with Crippen LogP contribution in [0.3, 0.4) is 0 Å². The predicted molar refractivity (Wildman–Crippen MR) is 70.6 cm³/mol. The Bertz CT molecular complexity index is 433. The normalized spacial score (nSPS) is 10.8. The smallest absolute Gasteiger partial charge is 0.258 e. The third-order valence-corrected chi connectivity index (χ3v) is 3.17. The van der Waals surface area contributed by atoms with Gasteiger partial charge in [-0.1, -0.05) is 13.8 Å². The fourth-order valence-electron chi connectivity index (χ4n) is 2.12. The summed E-state index contributed by atoms with van der Waals surface area (Å²) in [5.41, 5.74) is -0.0691. The summed E-state index contributed by atoms with van der Waals surface area (Å²) in [4.78, 5) is 13.8. The van der Waals surface area contributed by atoms with E-state index in [-0.39, 0.29) is 30.5 Å². The number of amides is 1. The highest BCUT2D eigenvalue weighted by Crippen LogP contribution is 2.22. The zero-order valence-electron chi connectivity index (χ0n) is 11.3. The van der Waals surface area contributed by atoms with Gasteiger partial charge in [-0.2, -0.15) is 0 Å². The summed E-state index contributed by atoms with van der Waals surface area (Å²) in [6, 6.07) is 3.23. The second kappa shape index (κ2) is 7.09. The molecule has 0 aliphatic carbocycles. The van der Waals surface area contributed by atoms with Gasteiger partial charge in [0.2, 0.25) is 0 Å². The number of nitrogens with zero attached hydrogens (tertiary/aromatic N) is 1. The molecule has 0 atom stereocenters. The molecule has 0 aliphatic rings. The number of hydrogen-bond acceptors (Lipinski definition) is 3. The quantitative estimate of drug-likeness (QED) is 0.832. The van der Waals surface area contributed by atoms with Crippen molar-refractivity contribution in [3.05, 3.63) is 29.6 Å². The minimum Gasteiger partial charge on any atom is -0.507 e. The van der Waals surface area contributed by atoms with Crippen molar-refractivity contribution in [2.45, 2.75) is 32.7 Å². The molecule has 0 radical (unpaired) electrons. The fourth-order valence-corrected chi connectivity index (χ4v) is 2.12. The molecule has 5 heteroatoms. The van der Waals surface area contributed by atoms with E-state index in [1.165, 1.54) is 4.90 Å². The zero-order valence-corrected chi connectivity index (χ0v) is 11.3. The standard InChI is InChI=1S/C14H20FNO3/c1-3-11(4-2)16(7-8-17)14(19)12-9-10(15)5-6-13(12)18/h5-6,9,11,17-18H,3-4,7-8H2,1-2H3. The molecule has 1 amide bonds. The molecule has 106 valence electrons. The van der Waals surface area contributed by atoms with E-state index in [0.717, 1.165) is 31.0 Å². The summed E-state index contributed by atoms with van der Waals surface area (Å²) in [5, 5.41) is 18.7. The van der Waals surface area contributed by atoms with Crippen LogP contribution in [0.4, 0.5) is 4.39 Å². The van der Waals surface area contributed by atoms with E-state index in [1.807, 2.05) is 13.8 Å². The van der Waals surface area contributed by atoms with Crippen LogP contribution in [-0.2, 0) is 0 Å². The molecule has 0 aliphatic heterocycles. The third-order valence-electron chi connectivity index (χ3n) is 3.17. The molecule has 0 aromatic heterocycles. The van der Waals surface area contributed by atoms with E-state index in [2.05, 4.69) is 0 Å². The van der Waals surface area contributed by atoms with Gasteiger partial charge in [0.15, 0.2) is 0 Å². The van der Waals surface area contributed by atoms with Crippen LogP contribution in [0.2, 0.25) is 0 Å². The minimum absolute atomic E-state index is 0.0395. The van der Waals surface area contributed by atoms with Crippen LogP contribution < -0.4 is 0 Å². The van der Waals surface area contributed by atoms with Crippen LogP contribution in [0.15, 0.2) is 18.2 Å². The van der Waals surface area contributed by atoms with E-state index in [1.54, 1.807) is 0 Å². The molecule has 0 heterocycles. The topological polar surface area (TPSA) is 60.8 Å². The Labute approximate surface area is 112 Å². The highest BCUT2D eigenvalue weighted by atomic mass is 19.1. The highest BCUT2D eigenvalue weighted by molar-refractivity contribution is 5.97. The predicted octanol–water partition coefficient (Wildman–Crippen LogP) is 2.15. The van der Waals surface area contributed by atoms with Gasteiger partial charge in [0.05, 0.1) is 12.2 Å². The van der Waals surface area contributed by atoms with Crippen molar-refractivity contribution < 1.29 is 19.4 Å². The van der Waals surface area contributed by atoms with Gasteiger partial charge in [0.25, 0.3) is 5.91 Å². The lowest BCUT2D eigenvalue weighted by molar-refractivity contribution is 0.0619. The van der Waals surface area contributed by atoms with Gasteiger partial charge in [-0.15, -0.1) is 0 Å². The fraction of sp³-hybridized carbons (Fsp3) is 0.500. The van der Waals surface area contributed by atoms with Gasteiger partial charge < -0.3 is 15.1 Å². The van der Waals surface area contributed by atoms with Crippen molar-refractivity contribution in [2.75, 3.05) is 13.2 Å². The van der Waals surface area contributed by atoms with Gasteiger partial charge >= 0.3 is 0 Å². The largest absolute Gasteiger partial charge is 0.507 e. The lowest BCUT2D eigenvalue weighted by atomic mass is 10.1. The molecule has 0 unspecified atom stereocenters. The number of halogens is 1. The van der Waals surface area contributed by atoms with Crippen molar-refractivity contribution in [3.63, 3.8) is 0 Å². The maximum atomic E-state index is 13.2. The molecule has 4 nitrogen and oxygen atoms in total. The second-order valence-electron chi connectivity index (χ2n) is 4.35. The SMILES string of the molecule is CCC(CC)N(CCO)C(=O)c1cc(F)ccc1O. The number of aromatic hydroxyl groups is 1. The lowest BCUT2D eigenvalue weighted by Gasteiger charge is -2.30. The van der Waals surface area contributed by atoms with Crippen molar-refractivity contribution in [1.82, 2.24) is 4.90 Å². The number of aliphatic hydroxyl groups is 1. The summed E-state index contributed by atoms with van der Waals surface area (Å²) in [5.74, 6) is -1.28. The Kier molecular flexibility index (Phi) is 5.76. The summed E-state index contributed by atoms with van der Waals surface area (Å²) < 4.78 is 13.2. The average Bonchev–Trinajstić information content (AvgIpc) is 2.41. The van der Waals surface area contributed by atoms with Gasteiger partial charge in [-0.25, -0.2) is 4.39 Å². The molecule has 1 aromatic carbocycles. The Morgan fingerprint density at radius 2 is 2.00 bits per heavy atom. The Balaban J connectivity index is 3.08. The number of rotatable bonds is 6. The molecule has 1 rings (SSSR count). The Morgan fingerprint density at radius 1 is 1.37 bits per heavy atom. The second-order valence-corrected chi connectivity index (χ2v) is 4.35. The number of phenolic OH excluding ortho intramolecular Hbond substituents is 1. The van der Waals surface area contributed by atoms with Gasteiger partial charge in [-0.3, -0.25) is 4.79 Å². The van der Waals surface area contributed by atoms with Crippen LogP contribution in [-0.4, -0.2) is 40.2 Å². The van der Waals surface area contributed by atoms with Crippen LogP contribution in [0.1, 0.15) is 37.0 Å². The third kappa shape index (κ3) is 3.67. The highest BCUT2D eigenvalue weighted by Gasteiger charge is 2.24. The van der Waals surface area contributed by atoms with Crippen molar-refractivity contribution in [3.8, 4) is 5.75 Å². The maximum Gasteiger partial charge on any atom is 0.258 e. The van der Waals surface area contributed by atoms with Gasteiger partial charge in [-0.05, 0) is 31.0 Å². The number of carbonyl (C=O) groups excluding carboxylic acids is 1. The molecule has 1 aromatic rings. The van der Waals surface area contributed by atoms with E-state index in [0.29, 0.717) is 0 Å². The molecule has 0 saturated carbocycles. The molecular weight excluding hydrogens is 249 g/mol. The van der Waals surface area contributed by atoms with Crippen LogP contribution in [0.25, 0.3) is 0 Å². The number of carbonyl (C=O) groups is 1. The minimum atomic E-state index is -0.574. The van der Waals surface area contributed by atoms with Crippen LogP contribution >= 0.6 is 0 Å². The van der Waals surface area contributed by atoms with Crippen LogP contribution in [0, 0.1) is 5.82 Å². The first kappa shape index (κ1) is 15.4. The molecular formula is C14H20FNO3. The van der Waals surface area contributed by atoms with Crippen molar-refractivity contribution in [1.29, 1.82) is 0 Å². The van der Waals surface area contributed by atoms with Crippen molar-refractivity contribution in [2.24, 2.45) is 0 Å². The first-order valence-corrected chi connectivity index (χ1v) is 6.45. The molecule has 0 bridgehead atoms. The molecule has 2 N–H and O–H groups in total. The van der Waals surface area contributed by atoms with E-state index < -0.39 is 11.7 Å². The first-order chi connectivity index (χ1) is 9.04. The molecule has 0 spiro atoms. The van der Waals surface area contributed by atoms with Gasteiger partial charge in [0.1, 0.15) is 11.6 Å². The average molecular weight is 269 g/mol. The molecule has 0 saturated heterocycles. The van der Waals surface area contributed by atoms with Gasteiger partial charge in [0, 0.05) is 12.6 Å². The van der Waals surface area contributed by atoms with Crippen molar-refractivity contribution >= 4 is 5.91 Å². The van der Waals surface area contributed by atoms with E-state index in [4.69, 9.17) is 5.11 Å². The summed E-state index contributed by atoms with van der Waals surface area (Å²) in [7, 11) is 0. The van der Waals surface area contributed by atoms with Crippen LogP contribution in [0.5, 0.6) is 5.75 Å². The summed E-state index contributed by atoms with van der Waals surface area (Å²) >= 11 is 0. The molecule has 19 heavy (non-hydrogen) atoms. The monoisotopic (exact) mass is 269 g/mol. The number of aliphatic hydroxyl groups excluding tert-OH is 1. The first-order valence-electron chi connectivity index (χ1n) is 6.45. The van der Waals surface area contributed by atoms with E-state index in [9.17, 15) is 14.3 Å². The Hall–Kier alpha value is -1.62. The number of phenols is 1. The number of hydrogen-bond donors (Lipinski definition) is 2. The Morgan fingerprint density at radius 3 is 2.53 bits per heavy atom. The molecule has 0 fully saturated rings. The number of benzene rings is 1. The maximum absolute atomic E-state index is 13.2. The summed E-state index contributed by atoms with van der Waals surface area (Å²) in [6.45, 7) is 3.88. The lowest BCUT2D eigenvalue weighted by Crippen LogP contribution is -2.41. The zero-order chi connectivity index (χ0) is 14.4. The summed E-state index contributed by atoms with van der Waals surface area (Å²) in [6.07, 6.45) is 1.47.